The predicted octanol–water partition coefficient (Wildman–Crippen LogP) is 3.76. The molecule has 1 N–H and O–H groups in total. The average Bonchev–Trinajstić information content (AvgIpc) is 2.83. The van der Waals surface area contributed by atoms with Gasteiger partial charge >= 0.3 is 5.97 Å². The molecular formula is C18H13FN2O3S. The molecular weight excluding hydrogens is 343 g/mol. The summed E-state index contributed by atoms with van der Waals surface area (Å²) < 4.78 is 13.3. The molecule has 1 amide bonds. The quantitative estimate of drug-likeness (QED) is 0.850. The lowest BCUT2D eigenvalue weighted by Crippen LogP contribution is -2.23. The van der Waals surface area contributed by atoms with E-state index in [1.807, 2.05) is 0 Å². The number of likely N-dealkylation sites (N-methyl/N-ethyl adjacent to an activating group) is 1. The lowest BCUT2D eigenvalue weighted by molar-refractivity contribution is -0.121. The van der Waals surface area contributed by atoms with E-state index < -0.39 is 5.97 Å². The molecule has 1 saturated heterocycles. The zero-order valence-electron chi connectivity index (χ0n) is 13.1. The molecule has 0 unspecified atom stereocenters. The number of halogens is 1. The van der Waals surface area contributed by atoms with Crippen LogP contribution in [0.25, 0.3) is 6.08 Å². The van der Waals surface area contributed by atoms with Gasteiger partial charge in [0.2, 0.25) is 0 Å². The fraction of sp³-hybridized carbons (Fsp3) is 0.0556. The van der Waals surface area contributed by atoms with Gasteiger partial charge in [-0.3, -0.25) is 9.69 Å². The third-order valence-electron chi connectivity index (χ3n) is 3.49. The minimum atomic E-state index is -1.01. The molecule has 1 fully saturated rings. The highest BCUT2D eigenvalue weighted by molar-refractivity contribution is 8.18. The Bertz CT molecular complexity index is 907. The Morgan fingerprint density at radius 3 is 2.60 bits per heavy atom. The van der Waals surface area contributed by atoms with Gasteiger partial charge in [0.25, 0.3) is 5.91 Å². The van der Waals surface area contributed by atoms with E-state index in [9.17, 15) is 14.0 Å². The van der Waals surface area contributed by atoms with E-state index in [1.165, 1.54) is 40.9 Å². The summed E-state index contributed by atoms with van der Waals surface area (Å²) in [5, 5.41) is 9.37. The van der Waals surface area contributed by atoms with Crippen molar-refractivity contribution in [2.45, 2.75) is 0 Å². The Hall–Kier alpha value is -2.93. The van der Waals surface area contributed by atoms with Crippen LogP contribution < -0.4 is 0 Å². The fourth-order valence-electron chi connectivity index (χ4n) is 2.19. The smallest absolute Gasteiger partial charge is 0.335 e. The number of aliphatic imine (C=N–C) groups is 1. The van der Waals surface area contributed by atoms with Crippen LogP contribution in [0.15, 0.2) is 58.4 Å². The summed E-state index contributed by atoms with van der Waals surface area (Å²) in [6.07, 6.45) is 1.61. The van der Waals surface area contributed by atoms with Crippen LogP contribution >= 0.6 is 11.8 Å². The van der Waals surface area contributed by atoms with Crippen molar-refractivity contribution in [2.75, 3.05) is 7.05 Å². The number of rotatable bonds is 3. The molecule has 25 heavy (non-hydrogen) atoms. The van der Waals surface area contributed by atoms with Gasteiger partial charge in [-0.05, 0) is 59.8 Å². The monoisotopic (exact) mass is 356 g/mol. The van der Waals surface area contributed by atoms with Crippen molar-refractivity contribution in [3.63, 3.8) is 0 Å². The number of amidine groups is 1. The van der Waals surface area contributed by atoms with E-state index in [0.29, 0.717) is 21.3 Å². The SMILES string of the molecule is CN1C(=O)/C(=C/c2cccc(F)c2)SC1=Nc1ccc(C(=O)O)cc1. The molecule has 0 spiro atoms. The number of carboxylic acid groups (broad SMARTS) is 1. The minimum absolute atomic E-state index is 0.166. The van der Waals surface area contributed by atoms with Gasteiger partial charge in [-0.25, -0.2) is 14.2 Å². The fourth-order valence-corrected chi connectivity index (χ4v) is 3.18. The van der Waals surface area contributed by atoms with Crippen LogP contribution in [-0.4, -0.2) is 34.1 Å². The molecule has 3 rings (SSSR count). The summed E-state index contributed by atoms with van der Waals surface area (Å²) in [5.74, 6) is -1.61. The maximum atomic E-state index is 13.3. The molecule has 0 atom stereocenters. The van der Waals surface area contributed by atoms with E-state index in [4.69, 9.17) is 5.11 Å². The van der Waals surface area contributed by atoms with Crippen molar-refractivity contribution in [2.24, 2.45) is 4.99 Å². The number of hydrogen-bond donors (Lipinski definition) is 1. The van der Waals surface area contributed by atoms with Gasteiger partial charge in [0, 0.05) is 7.05 Å². The first-order chi connectivity index (χ1) is 11.9. The van der Waals surface area contributed by atoms with E-state index in [0.717, 1.165) is 0 Å². The summed E-state index contributed by atoms with van der Waals surface area (Å²) in [6.45, 7) is 0. The van der Waals surface area contributed by atoms with Crippen LogP contribution in [0.1, 0.15) is 15.9 Å². The molecule has 2 aromatic rings. The van der Waals surface area contributed by atoms with Gasteiger partial charge in [0.15, 0.2) is 5.17 Å². The second-order valence-corrected chi connectivity index (χ2v) is 6.29. The number of hydrogen-bond acceptors (Lipinski definition) is 4. The molecule has 1 aliphatic rings. The van der Waals surface area contributed by atoms with Crippen LogP contribution in [0.3, 0.4) is 0 Å². The van der Waals surface area contributed by atoms with Crippen molar-refractivity contribution in [1.29, 1.82) is 0 Å². The molecule has 1 aliphatic heterocycles. The largest absolute Gasteiger partial charge is 0.478 e. The number of benzene rings is 2. The summed E-state index contributed by atoms with van der Waals surface area (Å²) >= 11 is 1.18. The third kappa shape index (κ3) is 3.77. The van der Waals surface area contributed by atoms with Crippen LogP contribution in [0.5, 0.6) is 0 Å². The van der Waals surface area contributed by atoms with E-state index >= 15 is 0 Å². The standard InChI is InChI=1S/C18H13FN2O3S/c1-21-16(22)15(10-11-3-2-4-13(19)9-11)25-18(21)20-14-7-5-12(6-8-14)17(23)24/h2-10H,1H3,(H,23,24)/b15-10-,20-18?. The van der Waals surface area contributed by atoms with Crippen LogP contribution in [-0.2, 0) is 4.79 Å². The molecule has 0 radical (unpaired) electrons. The Kier molecular flexibility index (Phi) is 4.67. The number of carboxylic acids is 1. The number of nitrogens with zero attached hydrogens (tertiary/aromatic N) is 2. The van der Waals surface area contributed by atoms with Crippen LogP contribution in [0, 0.1) is 5.82 Å². The number of amides is 1. The van der Waals surface area contributed by atoms with E-state index in [2.05, 4.69) is 4.99 Å². The summed E-state index contributed by atoms with van der Waals surface area (Å²) in [6, 6.07) is 12.0. The van der Waals surface area contributed by atoms with Gasteiger partial charge in [-0.2, -0.15) is 0 Å². The lowest BCUT2D eigenvalue weighted by atomic mass is 10.2. The van der Waals surface area contributed by atoms with Gasteiger partial charge < -0.3 is 5.11 Å². The first-order valence-corrected chi connectivity index (χ1v) is 8.11. The van der Waals surface area contributed by atoms with Crippen molar-refractivity contribution in [1.82, 2.24) is 4.90 Å². The van der Waals surface area contributed by atoms with Crippen molar-refractivity contribution in [3.05, 3.63) is 70.4 Å². The first-order valence-electron chi connectivity index (χ1n) is 7.29. The molecule has 0 bridgehead atoms. The van der Waals surface area contributed by atoms with Crippen LogP contribution in [0.4, 0.5) is 10.1 Å². The Labute approximate surface area is 147 Å². The van der Waals surface area contributed by atoms with Gasteiger partial charge in [0.1, 0.15) is 5.82 Å². The minimum Gasteiger partial charge on any atom is -0.478 e. The highest BCUT2D eigenvalue weighted by Crippen LogP contribution is 2.33. The third-order valence-corrected chi connectivity index (χ3v) is 4.55. The molecule has 0 aromatic heterocycles. The van der Waals surface area contributed by atoms with Crippen LogP contribution in [0.2, 0.25) is 0 Å². The second kappa shape index (κ2) is 6.90. The number of carbonyl (C=O) groups excluding carboxylic acids is 1. The van der Waals surface area contributed by atoms with Crippen molar-refractivity contribution >= 4 is 40.6 Å². The number of carbonyl (C=O) groups is 2. The molecule has 0 saturated carbocycles. The lowest BCUT2D eigenvalue weighted by Gasteiger charge is -2.07. The predicted molar refractivity (Wildman–Crippen MR) is 95.2 cm³/mol. The van der Waals surface area contributed by atoms with E-state index in [1.54, 1.807) is 37.4 Å². The number of thioether (sulfide) groups is 1. The maximum Gasteiger partial charge on any atom is 0.335 e. The molecule has 5 nitrogen and oxygen atoms in total. The maximum absolute atomic E-state index is 13.3. The Morgan fingerprint density at radius 2 is 1.96 bits per heavy atom. The summed E-state index contributed by atoms with van der Waals surface area (Å²) in [4.78, 5) is 29.4. The van der Waals surface area contributed by atoms with Crippen molar-refractivity contribution in [3.8, 4) is 0 Å². The number of aromatic carboxylic acids is 1. The van der Waals surface area contributed by atoms with Gasteiger partial charge in [0.05, 0.1) is 16.2 Å². The average molecular weight is 356 g/mol. The normalized spacial score (nSPS) is 17.5. The second-order valence-electron chi connectivity index (χ2n) is 5.28. The van der Waals surface area contributed by atoms with Gasteiger partial charge in [-0.1, -0.05) is 12.1 Å². The topological polar surface area (TPSA) is 70.0 Å². The zero-order valence-corrected chi connectivity index (χ0v) is 14.0. The summed E-state index contributed by atoms with van der Waals surface area (Å²) in [5.41, 5.74) is 1.30. The molecule has 7 heteroatoms. The van der Waals surface area contributed by atoms with Gasteiger partial charge in [-0.15, -0.1) is 0 Å². The molecule has 1 heterocycles. The molecule has 2 aromatic carbocycles. The Balaban J connectivity index is 1.86. The highest BCUT2D eigenvalue weighted by atomic mass is 32.2. The molecule has 126 valence electrons. The highest BCUT2D eigenvalue weighted by Gasteiger charge is 2.30. The summed E-state index contributed by atoms with van der Waals surface area (Å²) in [7, 11) is 1.60. The van der Waals surface area contributed by atoms with Crippen molar-refractivity contribution < 1.29 is 19.1 Å². The Morgan fingerprint density at radius 1 is 1.24 bits per heavy atom. The van der Waals surface area contributed by atoms with E-state index in [-0.39, 0.29) is 17.3 Å². The first kappa shape index (κ1) is 16.9. The molecule has 0 aliphatic carbocycles. The zero-order chi connectivity index (χ0) is 18.0.